The molecular weight excluding hydrogens is 248 g/mol. The van der Waals surface area contributed by atoms with E-state index in [4.69, 9.17) is 11.6 Å². The fraction of sp³-hybridized carbons (Fsp3) is 0.286. The van der Waals surface area contributed by atoms with Crippen LogP contribution in [-0.2, 0) is 11.3 Å². The summed E-state index contributed by atoms with van der Waals surface area (Å²) in [6.07, 6.45) is 8.63. The Labute approximate surface area is 112 Å². The van der Waals surface area contributed by atoms with Gasteiger partial charge < -0.3 is 4.90 Å². The van der Waals surface area contributed by atoms with Gasteiger partial charge >= 0.3 is 0 Å². The molecule has 4 heteroatoms. The molecule has 1 aliphatic carbocycles. The van der Waals surface area contributed by atoms with Crippen molar-refractivity contribution in [2.45, 2.75) is 19.4 Å². The second-order valence-electron chi connectivity index (χ2n) is 4.19. The molecule has 1 aliphatic rings. The van der Waals surface area contributed by atoms with E-state index in [1.807, 2.05) is 24.3 Å². The molecule has 0 aliphatic heterocycles. The van der Waals surface area contributed by atoms with Crippen LogP contribution < -0.4 is 0 Å². The van der Waals surface area contributed by atoms with Gasteiger partial charge in [0.1, 0.15) is 0 Å². The minimum atomic E-state index is 0.506. The summed E-state index contributed by atoms with van der Waals surface area (Å²) in [5.74, 6) is 0. The molecule has 0 aromatic carbocycles. The zero-order chi connectivity index (χ0) is 12.8. The number of aromatic nitrogens is 1. The minimum absolute atomic E-state index is 0.506. The van der Waals surface area contributed by atoms with E-state index in [0.717, 1.165) is 35.6 Å². The number of allylic oxidation sites excluding steroid dienone is 2. The van der Waals surface area contributed by atoms with E-state index in [0.29, 0.717) is 13.1 Å². The van der Waals surface area contributed by atoms with Crippen molar-refractivity contribution in [2.75, 3.05) is 6.54 Å². The number of nitrogens with zero attached hydrogens (tertiary/aromatic N) is 2. The van der Waals surface area contributed by atoms with E-state index in [1.54, 1.807) is 11.1 Å². The Morgan fingerprint density at radius 1 is 1.28 bits per heavy atom. The van der Waals surface area contributed by atoms with Gasteiger partial charge in [0.15, 0.2) is 0 Å². The molecule has 0 saturated heterocycles. The largest absolute Gasteiger partial charge is 0.335 e. The molecular formula is C14H15ClN2O. The van der Waals surface area contributed by atoms with Gasteiger partial charge in [-0.1, -0.05) is 29.8 Å². The summed E-state index contributed by atoms with van der Waals surface area (Å²) >= 11 is 6.12. The van der Waals surface area contributed by atoms with Crippen molar-refractivity contribution in [3.63, 3.8) is 0 Å². The van der Waals surface area contributed by atoms with E-state index in [9.17, 15) is 4.79 Å². The molecule has 1 amide bonds. The SMILES string of the molecule is O=CN(CC1=CCCC=C1Cl)Cc1ccccn1. The molecule has 0 saturated carbocycles. The summed E-state index contributed by atoms with van der Waals surface area (Å²) < 4.78 is 0. The first kappa shape index (κ1) is 12.8. The lowest BCUT2D eigenvalue weighted by Gasteiger charge is -2.20. The highest BCUT2D eigenvalue weighted by molar-refractivity contribution is 6.32. The number of hydrogen-bond acceptors (Lipinski definition) is 2. The van der Waals surface area contributed by atoms with Crippen LogP contribution in [0.2, 0.25) is 0 Å². The Hall–Kier alpha value is -1.61. The predicted octanol–water partition coefficient (Wildman–Crippen LogP) is 2.88. The Bertz CT molecular complexity index is 468. The summed E-state index contributed by atoms with van der Waals surface area (Å²) in [5.41, 5.74) is 1.90. The van der Waals surface area contributed by atoms with Gasteiger partial charge in [-0.2, -0.15) is 0 Å². The van der Waals surface area contributed by atoms with Crippen molar-refractivity contribution >= 4 is 18.0 Å². The van der Waals surface area contributed by atoms with Crippen LogP contribution in [0, 0.1) is 0 Å². The van der Waals surface area contributed by atoms with E-state index in [-0.39, 0.29) is 0 Å². The third-order valence-corrected chi connectivity index (χ3v) is 3.20. The molecule has 0 N–H and O–H groups in total. The molecule has 0 radical (unpaired) electrons. The van der Waals surface area contributed by atoms with Crippen molar-refractivity contribution in [1.82, 2.24) is 9.88 Å². The molecule has 0 spiro atoms. The summed E-state index contributed by atoms with van der Waals surface area (Å²) in [5, 5.41) is 0.758. The van der Waals surface area contributed by atoms with Gasteiger partial charge in [0.05, 0.1) is 12.2 Å². The number of rotatable bonds is 5. The third kappa shape index (κ3) is 3.44. The lowest BCUT2D eigenvalue weighted by molar-refractivity contribution is -0.118. The zero-order valence-electron chi connectivity index (χ0n) is 10.1. The second-order valence-corrected chi connectivity index (χ2v) is 4.60. The van der Waals surface area contributed by atoms with Crippen LogP contribution in [0.3, 0.4) is 0 Å². The highest BCUT2D eigenvalue weighted by Gasteiger charge is 2.11. The first-order chi connectivity index (χ1) is 8.79. The van der Waals surface area contributed by atoms with Crippen LogP contribution >= 0.6 is 11.6 Å². The minimum Gasteiger partial charge on any atom is -0.335 e. The van der Waals surface area contributed by atoms with E-state index < -0.39 is 0 Å². The fourth-order valence-electron chi connectivity index (χ4n) is 1.89. The monoisotopic (exact) mass is 262 g/mol. The molecule has 2 rings (SSSR count). The second kappa shape index (κ2) is 6.36. The van der Waals surface area contributed by atoms with Crippen molar-refractivity contribution < 1.29 is 4.79 Å². The lowest BCUT2D eigenvalue weighted by atomic mass is 10.1. The van der Waals surface area contributed by atoms with Gasteiger partial charge in [-0.3, -0.25) is 9.78 Å². The van der Waals surface area contributed by atoms with Gasteiger partial charge in [-0.15, -0.1) is 0 Å². The maximum absolute atomic E-state index is 11.1. The van der Waals surface area contributed by atoms with Gasteiger partial charge in [0, 0.05) is 17.8 Å². The predicted molar refractivity (Wildman–Crippen MR) is 72.0 cm³/mol. The molecule has 1 aromatic heterocycles. The number of amides is 1. The topological polar surface area (TPSA) is 33.2 Å². The fourth-order valence-corrected chi connectivity index (χ4v) is 2.13. The van der Waals surface area contributed by atoms with Crippen LogP contribution in [-0.4, -0.2) is 22.8 Å². The Morgan fingerprint density at radius 2 is 2.11 bits per heavy atom. The maximum atomic E-state index is 11.1. The number of carbonyl (C=O) groups excluding carboxylic acids is 1. The normalized spacial score (nSPS) is 14.7. The molecule has 18 heavy (non-hydrogen) atoms. The summed E-state index contributed by atoms with van der Waals surface area (Å²) in [4.78, 5) is 17.0. The maximum Gasteiger partial charge on any atom is 0.210 e. The van der Waals surface area contributed by atoms with Crippen molar-refractivity contribution in [3.05, 3.63) is 52.8 Å². The smallest absolute Gasteiger partial charge is 0.210 e. The quantitative estimate of drug-likeness (QED) is 0.765. The standard InChI is InChI=1S/C14H15ClN2O/c15-14-7-2-1-5-12(14)9-17(11-18)10-13-6-3-4-8-16-13/h3-8,11H,1-2,9-10H2. The van der Waals surface area contributed by atoms with Crippen LogP contribution in [0.15, 0.2) is 47.2 Å². The molecule has 1 heterocycles. The first-order valence-corrected chi connectivity index (χ1v) is 6.31. The average molecular weight is 263 g/mol. The molecule has 3 nitrogen and oxygen atoms in total. The molecule has 0 unspecified atom stereocenters. The first-order valence-electron chi connectivity index (χ1n) is 5.94. The van der Waals surface area contributed by atoms with Crippen molar-refractivity contribution in [3.8, 4) is 0 Å². The Morgan fingerprint density at radius 3 is 2.78 bits per heavy atom. The number of hydrogen-bond donors (Lipinski definition) is 0. The van der Waals surface area contributed by atoms with Gasteiger partial charge in [0.25, 0.3) is 0 Å². The summed E-state index contributed by atoms with van der Waals surface area (Å²) in [6.45, 7) is 1.04. The molecule has 0 bridgehead atoms. The summed E-state index contributed by atoms with van der Waals surface area (Å²) in [7, 11) is 0. The average Bonchev–Trinajstić information content (AvgIpc) is 2.41. The van der Waals surface area contributed by atoms with Crippen LogP contribution in [0.25, 0.3) is 0 Å². The lowest BCUT2D eigenvalue weighted by Crippen LogP contribution is -2.25. The molecule has 94 valence electrons. The number of carbonyl (C=O) groups is 1. The highest BCUT2D eigenvalue weighted by atomic mass is 35.5. The Kier molecular flexibility index (Phi) is 4.53. The zero-order valence-corrected chi connectivity index (χ0v) is 10.8. The van der Waals surface area contributed by atoms with Gasteiger partial charge in [-0.05, 0) is 30.5 Å². The van der Waals surface area contributed by atoms with Crippen LogP contribution in [0.4, 0.5) is 0 Å². The van der Waals surface area contributed by atoms with Crippen molar-refractivity contribution in [2.24, 2.45) is 0 Å². The van der Waals surface area contributed by atoms with E-state index in [2.05, 4.69) is 11.1 Å². The van der Waals surface area contributed by atoms with Crippen LogP contribution in [0.5, 0.6) is 0 Å². The van der Waals surface area contributed by atoms with Crippen molar-refractivity contribution in [1.29, 1.82) is 0 Å². The molecule has 0 atom stereocenters. The van der Waals surface area contributed by atoms with Crippen LogP contribution in [0.1, 0.15) is 18.5 Å². The van der Waals surface area contributed by atoms with Gasteiger partial charge in [0.2, 0.25) is 6.41 Å². The number of halogens is 1. The highest BCUT2D eigenvalue weighted by Crippen LogP contribution is 2.22. The number of pyridine rings is 1. The molecule has 1 aromatic rings. The summed E-state index contributed by atoms with van der Waals surface area (Å²) in [6, 6.07) is 5.68. The Balaban J connectivity index is 2.00. The molecule has 0 fully saturated rings. The third-order valence-electron chi connectivity index (χ3n) is 2.80. The van der Waals surface area contributed by atoms with E-state index >= 15 is 0 Å². The van der Waals surface area contributed by atoms with Gasteiger partial charge in [-0.25, -0.2) is 0 Å². The van der Waals surface area contributed by atoms with E-state index in [1.165, 1.54) is 0 Å².